The van der Waals surface area contributed by atoms with Crippen molar-refractivity contribution in [3.05, 3.63) is 18.2 Å². The fraction of sp³-hybridized carbons (Fsp3) is 0.769. The monoisotopic (exact) mass is 1720 g/mol. The molecule has 0 spiro atoms. The number of primary amides is 1. The molecule has 0 unspecified atom stereocenters. The molecule has 13 atom stereocenters. The number of aromatic amines is 1. The molecule has 1 aromatic rings. The summed E-state index contributed by atoms with van der Waals surface area (Å²) in [6.45, 7) is 5.24. The molecule has 43 heteroatoms. The van der Waals surface area contributed by atoms with Gasteiger partial charge in [-0.05, 0) is 264 Å². The number of nitrogens with two attached hydrogens (primary N) is 12. The summed E-state index contributed by atoms with van der Waals surface area (Å²) in [5.41, 5.74) is 70.2. The number of unbranched alkanes of at least 4 members (excludes halogenated alkanes) is 10. The Bertz CT molecular complexity index is 3220. The third kappa shape index (κ3) is 48.3. The molecule has 1 rings (SSSR count). The molecular formula is C78H149N27O16. The molecule has 43 nitrogen and oxygen atoms in total. The Morgan fingerprint density at radius 1 is 0.322 bits per heavy atom. The van der Waals surface area contributed by atoms with Crippen molar-refractivity contribution in [3.63, 3.8) is 0 Å². The summed E-state index contributed by atoms with van der Waals surface area (Å²) in [6, 6.07) is -17.2. The molecule has 0 aliphatic carbocycles. The van der Waals surface area contributed by atoms with Crippen molar-refractivity contribution >= 4 is 88.7 Å². The molecule has 1 aromatic heterocycles. The van der Waals surface area contributed by atoms with Crippen molar-refractivity contribution in [2.75, 3.05) is 72.0 Å². The van der Waals surface area contributed by atoms with Gasteiger partial charge in [-0.25, -0.2) is 9.78 Å². The lowest BCUT2D eigenvalue weighted by atomic mass is 10.0. The molecular weight excluding hydrogens is 1570 g/mol. The van der Waals surface area contributed by atoms with Gasteiger partial charge in [-0.1, -0.05) is 20.3 Å². The normalized spacial score (nSPS) is 14.5. The first-order valence-electron chi connectivity index (χ1n) is 43.1. The Kier molecular flexibility index (Phi) is 60.3. The first kappa shape index (κ1) is 110. The van der Waals surface area contributed by atoms with Crippen LogP contribution in [0.3, 0.4) is 0 Å². The van der Waals surface area contributed by atoms with Gasteiger partial charge in [0.05, 0.1) is 25.3 Å². The summed E-state index contributed by atoms with van der Waals surface area (Å²) in [4.78, 5) is 216. The molecule has 39 N–H and O–H groups in total. The fourth-order valence-corrected chi connectivity index (χ4v) is 13.0. The minimum atomic E-state index is -1.72. The highest BCUT2D eigenvalue weighted by atomic mass is 16.4. The molecule has 0 saturated carbocycles. The predicted molar refractivity (Wildman–Crippen MR) is 456 cm³/mol. The van der Waals surface area contributed by atoms with Gasteiger partial charge in [0.25, 0.3) is 0 Å². The molecule has 14 amide bonds. The summed E-state index contributed by atoms with van der Waals surface area (Å²) >= 11 is 0. The van der Waals surface area contributed by atoms with Crippen LogP contribution in [-0.4, -0.2) is 254 Å². The Balaban J connectivity index is 3.72. The number of hydrogen-bond acceptors (Lipinski definition) is 27. The van der Waals surface area contributed by atoms with E-state index in [9.17, 15) is 77.0 Å². The fourth-order valence-electron chi connectivity index (χ4n) is 13.0. The van der Waals surface area contributed by atoms with Crippen LogP contribution in [0.15, 0.2) is 12.5 Å². The lowest BCUT2D eigenvalue weighted by molar-refractivity contribution is -0.144. The lowest BCUT2D eigenvalue weighted by Crippen LogP contribution is -2.60. The van der Waals surface area contributed by atoms with E-state index in [2.05, 4.69) is 79.1 Å². The van der Waals surface area contributed by atoms with Crippen LogP contribution in [0.25, 0.3) is 0 Å². The molecule has 0 bridgehead atoms. The van der Waals surface area contributed by atoms with Crippen molar-refractivity contribution in [1.82, 2.24) is 79.1 Å². The summed E-state index contributed by atoms with van der Waals surface area (Å²) in [5, 5.41) is 44.5. The first-order valence-corrected chi connectivity index (χ1v) is 43.1. The van der Waals surface area contributed by atoms with Gasteiger partial charge in [-0.3, -0.25) is 67.1 Å². The van der Waals surface area contributed by atoms with Crippen molar-refractivity contribution in [1.29, 1.82) is 0 Å². The van der Waals surface area contributed by atoms with E-state index in [0.29, 0.717) is 154 Å². The number of carbonyl (C=O) groups is 15. The van der Waals surface area contributed by atoms with Crippen LogP contribution in [0.4, 0.5) is 0 Å². The third-order valence-electron chi connectivity index (χ3n) is 19.9. The van der Waals surface area contributed by atoms with Gasteiger partial charge in [0.1, 0.15) is 72.5 Å². The quantitative estimate of drug-likeness (QED) is 0.0270. The minimum Gasteiger partial charge on any atom is -0.480 e. The van der Waals surface area contributed by atoms with Crippen LogP contribution in [0, 0.1) is 5.92 Å². The van der Waals surface area contributed by atoms with E-state index in [1.807, 2.05) is 0 Å². The van der Waals surface area contributed by atoms with Crippen LogP contribution >= 0.6 is 0 Å². The Hall–Kier alpha value is -9.18. The van der Waals surface area contributed by atoms with E-state index in [1.165, 1.54) is 12.5 Å². The number of nitrogens with zero attached hydrogens (tertiary/aromatic N) is 1. The molecule has 121 heavy (non-hydrogen) atoms. The van der Waals surface area contributed by atoms with Crippen molar-refractivity contribution in [2.45, 2.75) is 304 Å². The highest BCUT2D eigenvalue weighted by Gasteiger charge is 2.38. The van der Waals surface area contributed by atoms with Crippen molar-refractivity contribution < 1.29 is 77.0 Å². The van der Waals surface area contributed by atoms with Gasteiger partial charge in [0.15, 0.2) is 0 Å². The number of carboxylic acid groups (broad SMARTS) is 1. The van der Waals surface area contributed by atoms with Gasteiger partial charge < -0.3 is 148 Å². The highest BCUT2D eigenvalue weighted by molar-refractivity contribution is 6.00. The Morgan fingerprint density at radius 3 is 0.826 bits per heavy atom. The van der Waals surface area contributed by atoms with Crippen LogP contribution in [0.5, 0.6) is 0 Å². The van der Waals surface area contributed by atoms with E-state index < -0.39 is 180 Å². The van der Waals surface area contributed by atoms with Crippen molar-refractivity contribution in [3.8, 4) is 0 Å². The third-order valence-corrected chi connectivity index (χ3v) is 19.9. The molecule has 0 aromatic carbocycles. The maximum absolute atomic E-state index is 14.8. The van der Waals surface area contributed by atoms with E-state index >= 15 is 0 Å². The molecule has 0 radical (unpaired) electrons. The minimum absolute atomic E-state index is 0.00482. The van der Waals surface area contributed by atoms with E-state index in [-0.39, 0.29) is 129 Å². The summed E-state index contributed by atoms with van der Waals surface area (Å²) < 4.78 is 0. The smallest absolute Gasteiger partial charge is 0.326 e. The SMILES string of the molecule is CC(C)C[C@H](NC(=O)[C@H](Cc1cnc[nH]1)NC(=O)[C@H](CCCCN)NC(=O)CNC(=O)[C@H](CCCCN)NC(=O)[C@H](CCCCN)NC(=O)[C@H](CCCCN)NC(=O)[C@H](CCCCN)NC(=O)[C@H](CCCCN)NC(=O)[C@H](CCCCN)NC(=O)[C@H](CCCCN)NC(=O)[C@H](CCCCN)NC(=O)[C@@H](N)CCCCN)C(=O)N[C@@H](CC(N)=O)C(=O)O. The number of aromatic nitrogens is 2. The van der Waals surface area contributed by atoms with E-state index in [4.69, 9.17) is 68.8 Å². The van der Waals surface area contributed by atoms with Crippen molar-refractivity contribution in [2.24, 2.45) is 74.7 Å². The molecule has 1 heterocycles. The predicted octanol–water partition coefficient (Wildman–Crippen LogP) is -6.49. The zero-order valence-corrected chi connectivity index (χ0v) is 71.3. The van der Waals surface area contributed by atoms with Crippen LogP contribution in [-0.2, 0) is 78.3 Å². The lowest BCUT2D eigenvalue weighted by Gasteiger charge is -2.28. The van der Waals surface area contributed by atoms with Gasteiger partial charge in [0, 0.05) is 18.3 Å². The van der Waals surface area contributed by atoms with Gasteiger partial charge in [0.2, 0.25) is 82.7 Å². The van der Waals surface area contributed by atoms with Gasteiger partial charge in [-0.15, -0.1) is 0 Å². The zero-order chi connectivity index (χ0) is 90.5. The molecule has 0 saturated heterocycles. The standard InChI is InChI=1S/C78H149N27O16/c1-49(2)43-61(76(118)105-63(78(120)121)45-64(90)106)103-77(119)62(44-50-46-91-48-93-50)104-68(110)53(25-5-15-35-81)94-65(107)47-92-67(109)52(24-4-14-34-80)96-70(112)55(27-7-17-37-83)98-72(114)57(29-9-19-39-85)100-74(116)59(31-11-21-41-87)102-75(117)60(32-12-22-42-88)101-73(115)58(30-10-20-40-86)99-71(113)56(28-8-18-38-84)97-69(111)54(26-6-16-36-82)95-66(108)51(89)23-3-13-33-79/h46,48-49,51-63H,3-45,47,79-89H2,1-2H3,(H2,90,106)(H,91,93)(H,92,109)(H,94,107)(H,95,108)(H,96,112)(H,97,111)(H,98,114)(H,99,113)(H,100,116)(H,101,115)(H,102,117)(H,103,119)(H,104,110)(H,105,118)(H,120,121)/t51-,52-,53-,54-,55-,56-,57-,58-,59-,60-,61-,62-,63-/m0/s1. The molecule has 692 valence electrons. The second-order valence-electron chi connectivity index (χ2n) is 30.9. The van der Waals surface area contributed by atoms with Gasteiger partial charge in [-0.2, -0.15) is 0 Å². The van der Waals surface area contributed by atoms with Crippen LogP contribution in [0.1, 0.15) is 225 Å². The largest absolute Gasteiger partial charge is 0.480 e. The number of aliphatic carboxylic acids is 1. The number of nitrogens with one attached hydrogen (secondary N) is 14. The van der Waals surface area contributed by atoms with Gasteiger partial charge >= 0.3 is 5.97 Å². The van der Waals surface area contributed by atoms with Crippen LogP contribution < -0.4 is 138 Å². The number of carboxylic acids is 1. The number of rotatable bonds is 73. The second kappa shape index (κ2) is 66.5. The Labute approximate surface area is 711 Å². The van der Waals surface area contributed by atoms with E-state index in [1.54, 1.807) is 13.8 Å². The number of hydrogen-bond donors (Lipinski definition) is 27. The topological polar surface area (TPSA) is 774 Å². The average molecular weight is 1720 g/mol. The Morgan fingerprint density at radius 2 is 0.562 bits per heavy atom. The highest BCUT2D eigenvalue weighted by Crippen LogP contribution is 2.16. The summed E-state index contributed by atoms with van der Waals surface area (Å²) in [5.74, 6) is -13.2. The molecule has 0 aliphatic rings. The number of imidazole rings is 1. The number of carbonyl (C=O) groups excluding carboxylic acids is 14. The maximum atomic E-state index is 14.8. The first-order chi connectivity index (χ1) is 57.9. The van der Waals surface area contributed by atoms with E-state index in [0.717, 1.165) is 0 Å². The number of H-pyrrole nitrogens is 1. The summed E-state index contributed by atoms with van der Waals surface area (Å²) in [6.07, 6.45) is 10.4. The zero-order valence-electron chi connectivity index (χ0n) is 71.3. The van der Waals surface area contributed by atoms with Crippen LogP contribution in [0.2, 0.25) is 0 Å². The number of amides is 14. The second-order valence-corrected chi connectivity index (χ2v) is 30.9. The summed E-state index contributed by atoms with van der Waals surface area (Å²) in [7, 11) is 0. The average Bonchev–Trinajstić information content (AvgIpc) is 1.69. The maximum Gasteiger partial charge on any atom is 0.326 e. The molecule has 0 fully saturated rings. The molecule has 0 aliphatic heterocycles.